The van der Waals surface area contributed by atoms with E-state index >= 15 is 0 Å². The quantitative estimate of drug-likeness (QED) is 0.882. The van der Waals surface area contributed by atoms with Crippen LogP contribution in [0, 0.1) is 13.8 Å². The van der Waals surface area contributed by atoms with Crippen molar-refractivity contribution in [2.75, 3.05) is 7.05 Å². The van der Waals surface area contributed by atoms with Crippen molar-refractivity contribution < 1.29 is 4.74 Å². The van der Waals surface area contributed by atoms with Gasteiger partial charge in [-0.3, -0.25) is 0 Å². The first-order chi connectivity index (χ1) is 7.61. The Morgan fingerprint density at radius 2 is 2.19 bits per heavy atom. The number of ether oxygens (including phenoxy) is 1. The molecule has 1 aliphatic heterocycles. The van der Waals surface area contributed by atoms with Crippen molar-refractivity contribution in [1.82, 2.24) is 10.3 Å². The maximum atomic E-state index is 5.92. The zero-order valence-corrected chi connectivity index (χ0v) is 11.2. The Kier molecular flexibility index (Phi) is 3.62. The number of aryl methyl sites for hydroxylation is 2. The molecule has 1 aromatic rings. The van der Waals surface area contributed by atoms with Crippen molar-refractivity contribution in [3.05, 3.63) is 15.6 Å². The van der Waals surface area contributed by atoms with Crippen LogP contribution in [0.1, 0.15) is 41.4 Å². The molecule has 16 heavy (non-hydrogen) atoms. The Morgan fingerprint density at radius 1 is 1.44 bits per heavy atom. The van der Waals surface area contributed by atoms with Crippen molar-refractivity contribution in [1.29, 1.82) is 0 Å². The average molecular weight is 240 g/mol. The lowest BCUT2D eigenvalue weighted by Gasteiger charge is -2.20. The van der Waals surface area contributed by atoms with E-state index in [0.717, 1.165) is 23.5 Å². The van der Waals surface area contributed by atoms with Crippen LogP contribution in [-0.2, 0) is 4.74 Å². The second-order valence-electron chi connectivity index (χ2n) is 4.52. The first-order valence-electron chi connectivity index (χ1n) is 5.88. The number of thiazole rings is 1. The smallest absolute Gasteiger partial charge is 0.113 e. The summed E-state index contributed by atoms with van der Waals surface area (Å²) in [6.07, 6.45) is 2.96. The van der Waals surface area contributed by atoms with Gasteiger partial charge in [-0.2, -0.15) is 0 Å². The summed E-state index contributed by atoms with van der Waals surface area (Å²) in [7, 11) is 1.99. The van der Waals surface area contributed by atoms with E-state index in [2.05, 4.69) is 31.1 Å². The molecule has 0 saturated carbocycles. The van der Waals surface area contributed by atoms with E-state index in [1.165, 1.54) is 4.88 Å². The second-order valence-corrected chi connectivity index (χ2v) is 5.76. The Hall–Kier alpha value is -0.450. The molecule has 4 heteroatoms. The topological polar surface area (TPSA) is 34.2 Å². The van der Waals surface area contributed by atoms with Gasteiger partial charge in [0.05, 0.1) is 23.9 Å². The largest absolute Gasteiger partial charge is 0.373 e. The number of aromatic nitrogens is 1. The third kappa shape index (κ3) is 2.29. The molecule has 3 unspecified atom stereocenters. The maximum Gasteiger partial charge on any atom is 0.113 e. The third-order valence-electron chi connectivity index (χ3n) is 3.26. The molecule has 1 aliphatic rings. The molecule has 1 aromatic heterocycles. The van der Waals surface area contributed by atoms with Crippen molar-refractivity contribution in [2.24, 2.45) is 0 Å². The summed E-state index contributed by atoms with van der Waals surface area (Å²) in [4.78, 5) is 5.93. The molecule has 1 fully saturated rings. The summed E-state index contributed by atoms with van der Waals surface area (Å²) >= 11 is 1.78. The highest BCUT2D eigenvalue weighted by Gasteiger charge is 2.31. The average Bonchev–Trinajstić information content (AvgIpc) is 2.77. The second kappa shape index (κ2) is 4.82. The number of likely N-dealkylation sites (N-methyl/N-ethyl adjacent to an activating group) is 1. The first kappa shape index (κ1) is 12.0. The maximum absolute atomic E-state index is 5.92. The molecular formula is C12H20N2OS. The van der Waals surface area contributed by atoms with Crippen LogP contribution in [-0.4, -0.2) is 24.2 Å². The first-order valence-corrected chi connectivity index (χ1v) is 6.70. The molecule has 1 saturated heterocycles. The zero-order valence-electron chi connectivity index (χ0n) is 10.4. The zero-order chi connectivity index (χ0) is 11.7. The van der Waals surface area contributed by atoms with Crippen LogP contribution < -0.4 is 5.32 Å². The van der Waals surface area contributed by atoms with Gasteiger partial charge in [-0.25, -0.2) is 4.98 Å². The number of hydrogen-bond acceptors (Lipinski definition) is 4. The molecule has 1 N–H and O–H groups in total. The predicted molar refractivity (Wildman–Crippen MR) is 67.0 cm³/mol. The highest BCUT2D eigenvalue weighted by Crippen LogP contribution is 2.32. The monoisotopic (exact) mass is 240 g/mol. The molecule has 0 aromatic carbocycles. The van der Waals surface area contributed by atoms with Crippen molar-refractivity contribution in [2.45, 2.75) is 51.9 Å². The Labute approximate surface area is 101 Å². The van der Waals surface area contributed by atoms with Crippen LogP contribution in [0.25, 0.3) is 0 Å². The van der Waals surface area contributed by atoms with E-state index in [0.29, 0.717) is 6.10 Å². The Bertz CT molecular complexity index is 344. The predicted octanol–water partition coefficient (Wildman–Crippen LogP) is 2.59. The van der Waals surface area contributed by atoms with Crippen molar-refractivity contribution >= 4 is 11.3 Å². The lowest BCUT2D eigenvalue weighted by atomic mass is 10.1. The number of nitrogens with zero attached hydrogens (tertiary/aromatic N) is 1. The van der Waals surface area contributed by atoms with E-state index in [9.17, 15) is 0 Å². The van der Waals surface area contributed by atoms with Gasteiger partial charge >= 0.3 is 0 Å². The highest BCUT2D eigenvalue weighted by atomic mass is 32.1. The Morgan fingerprint density at radius 3 is 2.62 bits per heavy atom. The minimum absolute atomic E-state index is 0.252. The summed E-state index contributed by atoms with van der Waals surface area (Å²) in [5.41, 5.74) is 1.14. The summed E-state index contributed by atoms with van der Waals surface area (Å²) in [6, 6.07) is 0.252. The van der Waals surface area contributed by atoms with Gasteiger partial charge in [-0.15, -0.1) is 11.3 Å². The lowest BCUT2D eigenvalue weighted by molar-refractivity contribution is 0.0332. The molecule has 0 amide bonds. The van der Waals surface area contributed by atoms with Crippen LogP contribution in [0.3, 0.4) is 0 Å². The summed E-state index contributed by atoms with van der Waals surface area (Å²) in [6.45, 7) is 6.34. The standard InChI is InChI=1S/C12H20N2OS/c1-7-5-6-10(15-7)11(13-4)12-14-8(2)9(3)16-12/h7,10-11,13H,5-6H2,1-4H3. The molecular weight excluding hydrogens is 220 g/mol. The van der Waals surface area contributed by atoms with Crippen LogP contribution in [0.5, 0.6) is 0 Å². The van der Waals surface area contributed by atoms with Crippen LogP contribution in [0.4, 0.5) is 0 Å². The van der Waals surface area contributed by atoms with Gasteiger partial charge < -0.3 is 10.1 Å². The molecule has 2 heterocycles. The fourth-order valence-electron chi connectivity index (χ4n) is 2.18. The van der Waals surface area contributed by atoms with E-state index in [1.807, 2.05) is 7.05 Å². The summed E-state index contributed by atoms with van der Waals surface area (Å²) < 4.78 is 5.92. The summed E-state index contributed by atoms with van der Waals surface area (Å²) in [5.74, 6) is 0. The normalized spacial score (nSPS) is 27.2. The fraction of sp³-hybridized carbons (Fsp3) is 0.750. The van der Waals surface area contributed by atoms with Gasteiger partial charge in [0.2, 0.25) is 0 Å². The van der Waals surface area contributed by atoms with E-state index in [1.54, 1.807) is 11.3 Å². The van der Waals surface area contributed by atoms with Crippen molar-refractivity contribution in [3.63, 3.8) is 0 Å². The van der Waals surface area contributed by atoms with Gasteiger partial charge in [0.15, 0.2) is 0 Å². The minimum atomic E-state index is 0.252. The molecule has 90 valence electrons. The molecule has 0 aliphatic carbocycles. The molecule has 0 bridgehead atoms. The minimum Gasteiger partial charge on any atom is -0.373 e. The van der Waals surface area contributed by atoms with Crippen LogP contribution >= 0.6 is 11.3 Å². The SMILES string of the molecule is CNC(c1nc(C)c(C)s1)C1CCC(C)O1. The van der Waals surface area contributed by atoms with Gasteiger partial charge in [-0.1, -0.05) is 0 Å². The van der Waals surface area contributed by atoms with E-state index in [-0.39, 0.29) is 12.1 Å². The van der Waals surface area contributed by atoms with Crippen LogP contribution in [0.15, 0.2) is 0 Å². The number of rotatable bonds is 3. The van der Waals surface area contributed by atoms with Gasteiger partial charge in [-0.05, 0) is 40.7 Å². The summed E-state index contributed by atoms with van der Waals surface area (Å²) in [5, 5.41) is 4.51. The molecule has 2 rings (SSSR count). The van der Waals surface area contributed by atoms with Crippen molar-refractivity contribution in [3.8, 4) is 0 Å². The number of hydrogen-bond donors (Lipinski definition) is 1. The van der Waals surface area contributed by atoms with E-state index in [4.69, 9.17) is 4.74 Å². The van der Waals surface area contributed by atoms with Gasteiger partial charge in [0.25, 0.3) is 0 Å². The Balaban J connectivity index is 2.16. The molecule has 3 atom stereocenters. The third-order valence-corrected chi connectivity index (χ3v) is 4.41. The molecule has 3 nitrogen and oxygen atoms in total. The van der Waals surface area contributed by atoms with Crippen LogP contribution in [0.2, 0.25) is 0 Å². The van der Waals surface area contributed by atoms with Gasteiger partial charge in [0, 0.05) is 4.88 Å². The number of nitrogens with one attached hydrogen (secondary N) is 1. The molecule has 0 radical (unpaired) electrons. The molecule has 0 spiro atoms. The highest BCUT2D eigenvalue weighted by molar-refractivity contribution is 7.11. The fourth-order valence-corrected chi connectivity index (χ4v) is 3.26. The van der Waals surface area contributed by atoms with Gasteiger partial charge in [0.1, 0.15) is 5.01 Å². The lowest BCUT2D eigenvalue weighted by Crippen LogP contribution is -2.29. The van der Waals surface area contributed by atoms with E-state index < -0.39 is 0 Å².